The fourth-order valence-electron chi connectivity index (χ4n) is 2.98. The Balaban J connectivity index is 1.75. The Bertz CT molecular complexity index is 1170. The van der Waals surface area contributed by atoms with Gasteiger partial charge in [-0.05, 0) is 50.6 Å². The number of nitrogens with two attached hydrogens (primary N) is 1. The zero-order chi connectivity index (χ0) is 22.6. The molecule has 164 valence electrons. The summed E-state index contributed by atoms with van der Waals surface area (Å²) >= 11 is 1.33. The summed E-state index contributed by atoms with van der Waals surface area (Å²) in [6.45, 7) is 6.63. The molecule has 1 aromatic heterocycles. The predicted octanol–water partition coefficient (Wildman–Crippen LogP) is 3.43. The number of hydrogen-bond donors (Lipinski definition) is 2. The van der Waals surface area contributed by atoms with Crippen molar-refractivity contribution in [3.05, 3.63) is 54.1 Å². The summed E-state index contributed by atoms with van der Waals surface area (Å²) in [5.74, 6) is 0.552. The van der Waals surface area contributed by atoms with E-state index in [9.17, 15) is 13.2 Å². The van der Waals surface area contributed by atoms with Gasteiger partial charge >= 0.3 is 0 Å². The Morgan fingerprint density at radius 2 is 1.90 bits per heavy atom. The lowest BCUT2D eigenvalue weighted by molar-refractivity contribution is -0.115. The van der Waals surface area contributed by atoms with Gasteiger partial charge in [-0.3, -0.25) is 4.79 Å². The maximum absolute atomic E-state index is 12.7. The number of carbonyl (C=O) groups is 1. The molecule has 0 aliphatic rings. The third kappa shape index (κ3) is 5.72. The smallest absolute Gasteiger partial charge is 0.238 e. The molecule has 0 radical (unpaired) electrons. The van der Waals surface area contributed by atoms with Crippen molar-refractivity contribution >= 4 is 33.4 Å². The number of aryl methyl sites for hydroxylation is 1. The standard InChI is InChI=1S/C21H25N5O3S2/c1-4-12-26-19(16-7-5-6-14(2)13-16)24-25-21(26)30-15(3)20(27)23-17-8-10-18(11-9-17)31(22,28)29/h5-11,13,15H,4,12H2,1-3H3,(H,23,27)(H2,22,28,29). The molecule has 1 atom stereocenters. The molecule has 1 heterocycles. The number of hydrogen-bond acceptors (Lipinski definition) is 6. The van der Waals surface area contributed by atoms with Gasteiger partial charge in [-0.15, -0.1) is 10.2 Å². The first-order chi connectivity index (χ1) is 14.7. The Morgan fingerprint density at radius 3 is 2.52 bits per heavy atom. The number of primary sulfonamides is 1. The molecule has 0 bridgehead atoms. The quantitative estimate of drug-likeness (QED) is 0.498. The molecule has 0 aliphatic heterocycles. The molecule has 10 heteroatoms. The van der Waals surface area contributed by atoms with Gasteiger partial charge in [0, 0.05) is 17.8 Å². The lowest BCUT2D eigenvalue weighted by Gasteiger charge is -2.14. The van der Waals surface area contributed by atoms with Gasteiger partial charge in [0.2, 0.25) is 15.9 Å². The van der Waals surface area contributed by atoms with Gasteiger partial charge in [0.25, 0.3) is 0 Å². The first-order valence-electron chi connectivity index (χ1n) is 9.79. The summed E-state index contributed by atoms with van der Waals surface area (Å²) in [6.07, 6.45) is 0.904. The summed E-state index contributed by atoms with van der Waals surface area (Å²) in [5, 5.41) is 16.8. The number of nitrogens with zero attached hydrogens (tertiary/aromatic N) is 3. The molecule has 2 aromatic carbocycles. The van der Waals surface area contributed by atoms with Crippen LogP contribution in [0.5, 0.6) is 0 Å². The number of benzene rings is 2. The van der Waals surface area contributed by atoms with Gasteiger partial charge < -0.3 is 9.88 Å². The van der Waals surface area contributed by atoms with E-state index in [4.69, 9.17) is 5.14 Å². The second-order valence-electron chi connectivity index (χ2n) is 7.15. The highest BCUT2D eigenvalue weighted by Crippen LogP contribution is 2.28. The van der Waals surface area contributed by atoms with Gasteiger partial charge in [-0.2, -0.15) is 0 Å². The van der Waals surface area contributed by atoms with Crippen molar-refractivity contribution in [2.75, 3.05) is 5.32 Å². The molecule has 3 aromatic rings. The Labute approximate surface area is 186 Å². The van der Waals surface area contributed by atoms with E-state index in [1.165, 1.54) is 36.0 Å². The molecule has 31 heavy (non-hydrogen) atoms. The topological polar surface area (TPSA) is 120 Å². The summed E-state index contributed by atoms with van der Waals surface area (Å²) in [7, 11) is -3.77. The molecule has 3 N–H and O–H groups in total. The van der Waals surface area contributed by atoms with Crippen molar-refractivity contribution in [1.82, 2.24) is 14.8 Å². The Morgan fingerprint density at radius 1 is 1.19 bits per heavy atom. The highest BCUT2D eigenvalue weighted by molar-refractivity contribution is 8.00. The summed E-state index contributed by atoms with van der Waals surface area (Å²) < 4.78 is 24.7. The van der Waals surface area contributed by atoms with Crippen LogP contribution in [0.3, 0.4) is 0 Å². The van der Waals surface area contributed by atoms with E-state index in [2.05, 4.69) is 28.5 Å². The second-order valence-corrected chi connectivity index (χ2v) is 10.0. The van der Waals surface area contributed by atoms with E-state index in [0.717, 1.165) is 29.9 Å². The Hall–Kier alpha value is -2.69. The van der Waals surface area contributed by atoms with Crippen molar-refractivity contribution < 1.29 is 13.2 Å². The number of sulfonamides is 1. The summed E-state index contributed by atoms with van der Waals surface area (Å²) in [5.41, 5.74) is 2.61. The van der Waals surface area contributed by atoms with Gasteiger partial charge in [0.15, 0.2) is 11.0 Å². The van der Waals surface area contributed by atoms with Crippen LogP contribution in [0.1, 0.15) is 25.8 Å². The first-order valence-corrected chi connectivity index (χ1v) is 12.2. The molecule has 0 saturated carbocycles. The third-order valence-electron chi connectivity index (χ3n) is 4.54. The summed E-state index contributed by atoms with van der Waals surface area (Å²) in [6, 6.07) is 13.8. The molecular weight excluding hydrogens is 434 g/mol. The predicted molar refractivity (Wildman–Crippen MR) is 122 cm³/mol. The maximum Gasteiger partial charge on any atom is 0.238 e. The van der Waals surface area contributed by atoms with E-state index in [0.29, 0.717) is 10.8 Å². The fourth-order valence-corrected chi connectivity index (χ4v) is 4.37. The summed E-state index contributed by atoms with van der Waals surface area (Å²) in [4.78, 5) is 12.6. The van der Waals surface area contributed by atoms with Crippen molar-refractivity contribution in [1.29, 1.82) is 0 Å². The third-order valence-corrected chi connectivity index (χ3v) is 6.55. The molecule has 8 nitrogen and oxygen atoms in total. The Kier molecular flexibility index (Phi) is 7.14. The van der Waals surface area contributed by atoms with E-state index in [1.54, 1.807) is 6.92 Å². The van der Waals surface area contributed by atoms with Crippen LogP contribution < -0.4 is 10.5 Å². The molecule has 0 fully saturated rings. The van der Waals surface area contributed by atoms with Crippen molar-refractivity contribution in [3.63, 3.8) is 0 Å². The number of nitrogens with one attached hydrogen (secondary N) is 1. The first kappa shape index (κ1) is 23.0. The fraction of sp³-hybridized carbons (Fsp3) is 0.286. The molecule has 1 amide bonds. The van der Waals surface area contributed by atoms with Gasteiger partial charge in [0.05, 0.1) is 10.1 Å². The lowest BCUT2D eigenvalue weighted by atomic mass is 10.1. The van der Waals surface area contributed by atoms with Gasteiger partial charge in [-0.1, -0.05) is 42.4 Å². The molecule has 3 rings (SSSR count). The number of thioether (sulfide) groups is 1. The van der Waals surface area contributed by atoms with E-state index in [-0.39, 0.29) is 10.8 Å². The van der Waals surface area contributed by atoms with Crippen LogP contribution in [-0.4, -0.2) is 34.3 Å². The molecule has 0 spiro atoms. The highest BCUT2D eigenvalue weighted by Gasteiger charge is 2.21. The monoisotopic (exact) mass is 459 g/mol. The van der Waals surface area contributed by atoms with Gasteiger partial charge in [0.1, 0.15) is 0 Å². The number of anilines is 1. The van der Waals surface area contributed by atoms with Crippen molar-refractivity contribution in [2.45, 2.75) is 49.0 Å². The van der Waals surface area contributed by atoms with Crippen LogP contribution in [-0.2, 0) is 21.4 Å². The van der Waals surface area contributed by atoms with Crippen LogP contribution in [0.4, 0.5) is 5.69 Å². The zero-order valence-corrected chi connectivity index (χ0v) is 19.2. The molecular formula is C21H25N5O3S2. The average molecular weight is 460 g/mol. The minimum Gasteiger partial charge on any atom is -0.325 e. The van der Waals surface area contributed by atoms with Crippen molar-refractivity contribution in [2.24, 2.45) is 5.14 Å². The van der Waals surface area contributed by atoms with Crippen LogP contribution in [0.2, 0.25) is 0 Å². The minimum atomic E-state index is -3.77. The van der Waals surface area contributed by atoms with Crippen LogP contribution in [0, 0.1) is 6.92 Å². The number of rotatable bonds is 8. The minimum absolute atomic E-state index is 0.00994. The number of aromatic nitrogens is 3. The SMILES string of the molecule is CCCn1c(SC(C)C(=O)Nc2ccc(S(N)(=O)=O)cc2)nnc1-c1cccc(C)c1. The number of carbonyl (C=O) groups excluding carboxylic acids is 1. The molecule has 0 saturated heterocycles. The largest absolute Gasteiger partial charge is 0.325 e. The van der Waals surface area contributed by atoms with Crippen LogP contribution in [0.15, 0.2) is 58.6 Å². The van der Waals surface area contributed by atoms with Crippen molar-refractivity contribution in [3.8, 4) is 11.4 Å². The van der Waals surface area contributed by atoms with Crippen LogP contribution in [0.25, 0.3) is 11.4 Å². The van der Waals surface area contributed by atoms with E-state index in [1.807, 2.05) is 29.7 Å². The maximum atomic E-state index is 12.7. The van der Waals surface area contributed by atoms with Crippen LogP contribution >= 0.6 is 11.8 Å². The second kappa shape index (κ2) is 9.63. The normalized spacial score (nSPS) is 12.5. The molecule has 0 aliphatic carbocycles. The lowest BCUT2D eigenvalue weighted by Crippen LogP contribution is -2.23. The van der Waals surface area contributed by atoms with Gasteiger partial charge in [-0.25, -0.2) is 13.6 Å². The number of amides is 1. The molecule has 1 unspecified atom stereocenters. The average Bonchev–Trinajstić information content (AvgIpc) is 3.10. The van der Waals surface area contributed by atoms with E-state index >= 15 is 0 Å². The van der Waals surface area contributed by atoms with E-state index < -0.39 is 15.3 Å². The highest BCUT2D eigenvalue weighted by atomic mass is 32.2. The zero-order valence-electron chi connectivity index (χ0n) is 17.6.